The van der Waals surface area contributed by atoms with Crippen molar-refractivity contribution in [3.8, 4) is 0 Å². The Hall–Kier alpha value is -1.44. The predicted molar refractivity (Wildman–Crippen MR) is 86.9 cm³/mol. The van der Waals surface area contributed by atoms with Crippen molar-refractivity contribution in [1.82, 2.24) is 4.31 Å². The van der Waals surface area contributed by atoms with Crippen LogP contribution in [0.5, 0.6) is 0 Å². The van der Waals surface area contributed by atoms with Crippen molar-refractivity contribution in [2.75, 3.05) is 24.6 Å². The van der Waals surface area contributed by atoms with Crippen molar-refractivity contribution in [2.24, 2.45) is 0 Å². The third-order valence-electron chi connectivity index (χ3n) is 4.48. The van der Waals surface area contributed by atoms with Gasteiger partial charge in [0.15, 0.2) is 0 Å². The summed E-state index contributed by atoms with van der Waals surface area (Å²) in [5.74, 6) is -0.0185. The molecule has 126 valence electrons. The van der Waals surface area contributed by atoms with E-state index in [-0.39, 0.29) is 18.1 Å². The number of fused-ring (bicyclic) bond motifs is 1. The molecule has 1 saturated heterocycles. The fourth-order valence-corrected chi connectivity index (χ4v) is 4.95. The minimum absolute atomic E-state index is 0.0185. The number of rotatable bonds is 2. The van der Waals surface area contributed by atoms with Gasteiger partial charge in [0.05, 0.1) is 17.6 Å². The van der Waals surface area contributed by atoms with Gasteiger partial charge in [-0.25, -0.2) is 8.42 Å². The van der Waals surface area contributed by atoms with Crippen molar-refractivity contribution in [1.29, 1.82) is 0 Å². The van der Waals surface area contributed by atoms with Crippen molar-refractivity contribution in [3.05, 3.63) is 23.8 Å². The highest BCUT2D eigenvalue weighted by Crippen LogP contribution is 2.32. The van der Waals surface area contributed by atoms with Gasteiger partial charge >= 0.3 is 0 Å². The molecule has 6 nitrogen and oxygen atoms in total. The lowest BCUT2D eigenvalue weighted by molar-refractivity contribution is -0.116. The van der Waals surface area contributed by atoms with Gasteiger partial charge in [-0.15, -0.1) is 0 Å². The van der Waals surface area contributed by atoms with Crippen LogP contribution in [0.25, 0.3) is 0 Å². The summed E-state index contributed by atoms with van der Waals surface area (Å²) in [6, 6.07) is 4.87. The van der Waals surface area contributed by atoms with E-state index in [2.05, 4.69) is 0 Å². The number of morpholine rings is 1. The van der Waals surface area contributed by atoms with E-state index in [1.165, 1.54) is 11.2 Å². The molecule has 0 radical (unpaired) electrons. The second kappa shape index (κ2) is 5.89. The van der Waals surface area contributed by atoms with Gasteiger partial charge in [-0.05, 0) is 44.0 Å². The number of hydrogen-bond acceptors (Lipinski definition) is 4. The Bertz CT molecular complexity index is 732. The smallest absolute Gasteiger partial charge is 0.243 e. The summed E-state index contributed by atoms with van der Waals surface area (Å²) in [4.78, 5) is 13.6. The van der Waals surface area contributed by atoms with E-state index in [0.29, 0.717) is 31.0 Å². The highest BCUT2D eigenvalue weighted by molar-refractivity contribution is 7.89. The number of sulfonamides is 1. The maximum atomic E-state index is 12.9. The summed E-state index contributed by atoms with van der Waals surface area (Å²) in [7, 11) is -3.55. The normalized spacial score (nSPS) is 25.4. The average molecular weight is 338 g/mol. The molecule has 3 rings (SSSR count). The molecule has 0 bridgehead atoms. The fraction of sp³-hybridized carbons (Fsp3) is 0.562. The molecule has 2 aliphatic heterocycles. The van der Waals surface area contributed by atoms with Gasteiger partial charge in [0.1, 0.15) is 0 Å². The molecule has 1 fully saturated rings. The van der Waals surface area contributed by atoms with Crippen LogP contribution in [-0.2, 0) is 26.0 Å². The summed E-state index contributed by atoms with van der Waals surface area (Å²) in [6.45, 7) is 6.63. The number of carbonyl (C=O) groups is 1. The summed E-state index contributed by atoms with van der Waals surface area (Å²) < 4.78 is 32.9. The lowest BCUT2D eigenvalue weighted by Crippen LogP contribution is -2.50. The van der Waals surface area contributed by atoms with Crippen molar-refractivity contribution in [2.45, 2.75) is 44.2 Å². The molecular formula is C16H22N2O4S. The Morgan fingerprint density at radius 3 is 2.74 bits per heavy atom. The third-order valence-corrected chi connectivity index (χ3v) is 6.46. The van der Waals surface area contributed by atoms with E-state index in [9.17, 15) is 13.2 Å². The fourth-order valence-electron chi connectivity index (χ4n) is 3.21. The average Bonchev–Trinajstić information content (AvgIpc) is 2.92. The SMILES string of the molecule is CC(=O)N1CCc2cc(S(=O)(=O)N3CC(C)OCC3C)ccc21. The molecule has 2 atom stereocenters. The van der Waals surface area contributed by atoms with Crippen LogP contribution in [0.15, 0.2) is 23.1 Å². The van der Waals surface area contributed by atoms with Crippen molar-refractivity contribution >= 4 is 21.6 Å². The third kappa shape index (κ3) is 2.88. The first-order chi connectivity index (χ1) is 10.8. The Labute approximate surface area is 137 Å². The van der Waals surface area contributed by atoms with Gasteiger partial charge in [0.25, 0.3) is 0 Å². The Morgan fingerprint density at radius 2 is 2.04 bits per heavy atom. The molecule has 0 saturated carbocycles. The summed E-state index contributed by atoms with van der Waals surface area (Å²) in [6.07, 6.45) is 0.580. The highest BCUT2D eigenvalue weighted by Gasteiger charge is 2.35. The zero-order valence-corrected chi connectivity index (χ0v) is 14.5. The van der Waals surface area contributed by atoms with E-state index in [0.717, 1.165) is 11.3 Å². The molecule has 7 heteroatoms. The zero-order valence-electron chi connectivity index (χ0n) is 13.7. The number of benzene rings is 1. The molecule has 23 heavy (non-hydrogen) atoms. The van der Waals surface area contributed by atoms with Gasteiger partial charge < -0.3 is 9.64 Å². The molecule has 2 unspecified atom stereocenters. The van der Waals surface area contributed by atoms with Gasteiger partial charge in [0, 0.05) is 31.7 Å². The van der Waals surface area contributed by atoms with Crippen LogP contribution in [0.4, 0.5) is 5.69 Å². The van der Waals surface area contributed by atoms with Crippen LogP contribution in [0.3, 0.4) is 0 Å². The Morgan fingerprint density at radius 1 is 1.30 bits per heavy atom. The van der Waals surface area contributed by atoms with Crippen molar-refractivity contribution in [3.63, 3.8) is 0 Å². The van der Waals surface area contributed by atoms with E-state index >= 15 is 0 Å². The standard InChI is InChI=1S/C16H22N2O4S/c1-11-10-22-12(2)9-18(11)23(20,21)15-4-5-16-14(8-15)6-7-17(16)13(3)19/h4-5,8,11-12H,6-7,9-10H2,1-3H3. The molecule has 2 heterocycles. The van der Waals surface area contributed by atoms with Crippen LogP contribution >= 0.6 is 0 Å². The Kier molecular flexibility index (Phi) is 4.20. The van der Waals surface area contributed by atoms with E-state index in [1.54, 1.807) is 23.1 Å². The summed E-state index contributed by atoms with van der Waals surface area (Å²) >= 11 is 0. The predicted octanol–water partition coefficient (Wildman–Crippen LogP) is 1.39. The lowest BCUT2D eigenvalue weighted by Gasteiger charge is -2.35. The summed E-state index contributed by atoms with van der Waals surface area (Å²) in [5, 5.41) is 0. The number of nitrogens with zero attached hydrogens (tertiary/aromatic N) is 2. The molecule has 1 amide bonds. The number of ether oxygens (including phenoxy) is 1. The lowest BCUT2D eigenvalue weighted by atomic mass is 10.2. The molecule has 1 aromatic rings. The second-order valence-corrected chi connectivity index (χ2v) is 8.17. The van der Waals surface area contributed by atoms with Crippen LogP contribution in [0.2, 0.25) is 0 Å². The minimum Gasteiger partial charge on any atom is -0.375 e. The van der Waals surface area contributed by atoms with E-state index in [4.69, 9.17) is 4.74 Å². The van der Waals surface area contributed by atoms with Gasteiger partial charge in [0.2, 0.25) is 15.9 Å². The van der Waals surface area contributed by atoms with Gasteiger partial charge in [-0.3, -0.25) is 4.79 Å². The van der Waals surface area contributed by atoms with Crippen LogP contribution in [0.1, 0.15) is 26.3 Å². The number of amides is 1. The topological polar surface area (TPSA) is 66.9 Å². The quantitative estimate of drug-likeness (QED) is 0.817. The molecule has 0 N–H and O–H groups in total. The maximum Gasteiger partial charge on any atom is 0.243 e. The Balaban J connectivity index is 1.94. The first kappa shape index (κ1) is 16.4. The number of carbonyl (C=O) groups excluding carboxylic acids is 1. The molecule has 0 aliphatic carbocycles. The molecular weight excluding hydrogens is 316 g/mol. The van der Waals surface area contributed by atoms with Crippen LogP contribution in [-0.4, -0.2) is 50.5 Å². The minimum atomic E-state index is -3.55. The number of hydrogen-bond donors (Lipinski definition) is 0. The maximum absolute atomic E-state index is 12.9. The number of anilines is 1. The van der Waals surface area contributed by atoms with Gasteiger partial charge in [-0.2, -0.15) is 4.31 Å². The van der Waals surface area contributed by atoms with Crippen LogP contribution in [0, 0.1) is 0 Å². The van der Waals surface area contributed by atoms with E-state index < -0.39 is 10.0 Å². The molecule has 2 aliphatic rings. The monoisotopic (exact) mass is 338 g/mol. The molecule has 0 spiro atoms. The largest absolute Gasteiger partial charge is 0.375 e. The zero-order chi connectivity index (χ0) is 16.8. The van der Waals surface area contributed by atoms with Crippen LogP contribution < -0.4 is 4.90 Å². The second-order valence-electron chi connectivity index (χ2n) is 6.28. The summed E-state index contributed by atoms with van der Waals surface area (Å²) in [5.41, 5.74) is 1.73. The molecule has 0 aromatic heterocycles. The first-order valence-electron chi connectivity index (χ1n) is 7.85. The first-order valence-corrected chi connectivity index (χ1v) is 9.29. The van der Waals surface area contributed by atoms with Crippen molar-refractivity contribution < 1.29 is 17.9 Å². The highest BCUT2D eigenvalue weighted by atomic mass is 32.2. The molecule has 1 aromatic carbocycles. The van der Waals surface area contributed by atoms with Gasteiger partial charge in [-0.1, -0.05) is 0 Å². The van der Waals surface area contributed by atoms with E-state index in [1.807, 2.05) is 13.8 Å².